The summed E-state index contributed by atoms with van der Waals surface area (Å²) in [7, 11) is 0. The summed E-state index contributed by atoms with van der Waals surface area (Å²) >= 11 is 5.93. The fourth-order valence-corrected chi connectivity index (χ4v) is 3.00. The molecule has 1 aliphatic rings. The van der Waals surface area contributed by atoms with E-state index in [1.165, 1.54) is 12.1 Å². The summed E-state index contributed by atoms with van der Waals surface area (Å²) < 4.78 is 5.65. The molecule has 1 unspecified atom stereocenters. The topological polar surface area (TPSA) is 88.8 Å². The first-order chi connectivity index (χ1) is 13.6. The van der Waals surface area contributed by atoms with Crippen LogP contribution in [0.15, 0.2) is 53.5 Å². The van der Waals surface area contributed by atoms with Gasteiger partial charge in [0.05, 0.1) is 17.6 Å². The third-order valence-corrected chi connectivity index (χ3v) is 4.71. The highest BCUT2D eigenvalue weighted by Crippen LogP contribution is 2.13. The monoisotopic (exact) mass is 530 g/mol. The molecule has 0 spiro atoms. The van der Waals surface area contributed by atoms with Crippen LogP contribution in [0, 0.1) is 10.1 Å². The highest BCUT2D eigenvalue weighted by atomic mass is 127. The molecule has 7 nitrogen and oxygen atoms in total. The Labute approximate surface area is 192 Å². The lowest BCUT2D eigenvalue weighted by Gasteiger charge is -2.16. The van der Waals surface area contributed by atoms with E-state index in [9.17, 15) is 10.1 Å². The smallest absolute Gasteiger partial charge is 0.269 e. The number of non-ortho nitro benzene ring substituents is 1. The average Bonchev–Trinajstić information content (AvgIpc) is 3.22. The van der Waals surface area contributed by atoms with Gasteiger partial charge in [0.15, 0.2) is 5.96 Å². The Morgan fingerprint density at radius 1 is 1.14 bits per heavy atom. The van der Waals surface area contributed by atoms with Crippen LogP contribution in [0.3, 0.4) is 0 Å². The van der Waals surface area contributed by atoms with Gasteiger partial charge in [-0.2, -0.15) is 0 Å². The number of nitrogens with one attached hydrogen (secondary N) is 2. The molecule has 0 amide bonds. The number of nitro benzene ring substituents is 1. The zero-order valence-electron chi connectivity index (χ0n) is 15.8. The molecule has 2 N–H and O–H groups in total. The zero-order chi connectivity index (χ0) is 19.8. The maximum atomic E-state index is 10.8. The van der Waals surface area contributed by atoms with Crippen molar-refractivity contribution >= 4 is 47.2 Å². The first kappa shape index (κ1) is 23.4. The molecule has 1 atom stereocenters. The highest BCUT2D eigenvalue weighted by Gasteiger charge is 2.15. The number of halogens is 2. The molecule has 0 aliphatic carbocycles. The van der Waals surface area contributed by atoms with Gasteiger partial charge in [0, 0.05) is 36.9 Å². The average molecular weight is 531 g/mol. The van der Waals surface area contributed by atoms with Gasteiger partial charge in [0.2, 0.25) is 0 Å². The van der Waals surface area contributed by atoms with Gasteiger partial charge >= 0.3 is 0 Å². The van der Waals surface area contributed by atoms with Gasteiger partial charge in [-0.15, -0.1) is 24.0 Å². The van der Waals surface area contributed by atoms with Crippen LogP contribution >= 0.6 is 35.6 Å². The van der Waals surface area contributed by atoms with Crippen LogP contribution in [0.25, 0.3) is 0 Å². The van der Waals surface area contributed by atoms with E-state index in [1.807, 2.05) is 24.3 Å². The Morgan fingerprint density at radius 2 is 1.83 bits per heavy atom. The Morgan fingerprint density at radius 3 is 2.45 bits per heavy atom. The van der Waals surface area contributed by atoms with Crippen molar-refractivity contribution in [3.8, 4) is 0 Å². The molecule has 1 fully saturated rings. The first-order valence-corrected chi connectivity index (χ1v) is 9.59. The van der Waals surface area contributed by atoms with Crippen LogP contribution in [0.4, 0.5) is 5.69 Å². The largest absolute Gasteiger partial charge is 0.376 e. The van der Waals surface area contributed by atoms with Crippen LogP contribution < -0.4 is 10.6 Å². The van der Waals surface area contributed by atoms with E-state index in [0.29, 0.717) is 30.6 Å². The summed E-state index contributed by atoms with van der Waals surface area (Å²) in [5.74, 6) is 0.670. The molecule has 1 aliphatic heterocycles. The number of hydrogen-bond acceptors (Lipinski definition) is 4. The van der Waals surface area contributed by atoms with Gasteiger partial charge < -0.3 is 15.4 Å². The molecular formula is C20H24ClIN4O3. The Hall–Kier alpha value is -1.91. The Kier molecular flexibility index (Phi) is 9.62. The minimum Gasteiger partial charge on any atom is -0.376 e. The van der Waals surface area contributed by atoms with Crippen LogP contribution in [0.2, 0.25) is 5.02 Å². The molecule has 1 saturated heterocycles. The molecule has 0 radical (unpaired) electrons. The number of rotatable bonds is 7. The summed E-state index contributed by atoms with van der Waals surface area (Å²) in [4.78, 5) is 15.0. The predicted molar refractivity (Wildman–Crippen MR) is 125 cm³/mol. The number of nitrogens with zero attached hydrogens (tertiary/aromatic N) is 2. The van der Waals surface area contributed by atoms with Gasteiger partial charge in [0.1, 0.15) is 0 Å². The van der Waals surface area contributed by atoms with E-state index in [2.05, 4.69) is 15.6 Å². The van der Waals surface area contributed by atoms with Crippen molar-refractivity contribution < 1.29 is 9.66 Å². The Balaban J connectivity index is 0.00000300. The zero-order valence-corrected chi connectivity index (χ0v) is 18.9. The third kappa shape index (κ3) is 7.79. The summed E-state index contributed by atoms with van der Waals surface area (Å²) in [5.41, 5.74) is 2.07. The van der Waals surface area contributed by atoms with Gasteiger partial charge in [-0.25, -0.2) is 4.99 Å². The fraction of sp³-hybridized carbons (Fsp3) is 0.350. The van der Waals surface area contributed by atoms with Crippen molar-refractivity contribution in [2.75, 3.05) is 13.2 Å². The highest BCUT2D eigenvalue weighted by molar-refractivity contribution is 14.0. The molecule has 3 rings (SSSR count). The SMILES string of the molecule is I.O=[N+]([O-])c1ccc(CNC(=NCc2ccc(Cl)cc2)NCC2CCCO2)cc1. The molecule has 0 aromatic heterocycles. The molecule has 9 heteroatoms. The second-order valence-electron chi connectivity index (χ2n) is 6.58. The lowest BCUT2D eigenvalue weighted by molar-refractivity contribution is -0.384. The summed E-state index contributed by atoms with van der Waals surface area (Å²) in [6.45, 7) is 2.51. The van der Waals surface area contributed by atoms with Crippen molar-refractivity contribution in [2.45, 2.75) is 32.0 Å². The minimum atomic E-state index is -0.403. The van der Waals surface area contributed by atoms with Crippen molar-refractivity contribution in [1.29, 1.82) is 0 Å². The van der Waals surface area contributed by atoms with Gasteiger partial charge in [-0.1, -0.05) is 35.9 Å². The second-order valence-corrected chi connectivity index (χ2v) is 7.02. The Bertz CT molecular complexity index is 809. The second kappa shape index (κ2) is 11.9. The fourth-order valence-electron chi connectivity index (χ4n) is 2.87. The normalized spacial score (nSPS) is 16.2. The van der Waals surface area contributed by atoms with Crippen LogP contribution in [0.1, 0.15) is 24.0 Å². The summed E-state index contributed by atoms with van der Waals surface area (Å²) in [6.07, 6.45) is 2.32. The van der Waals surface area contributed by atoms with Crippen molar-refractivity contribution in [3.05, 3.63) is 74.8 Å². The van der Waals surface area contributed by atoms with Crippen LogP contribution in [-0.4, -0.2) is 30.1 Å². The molecule has 29 heavy (non-hydrogen) atoms. The van der Waals surface area contributed by atoms with Crippen molar-refractivity contribution in [3.63, 3.8) is 0 Å². The standard InChI is InChI=1S/C20H23ClN4O3.HI/c21-17-7-3-15(4-8-17)12-22-20(24-14-19-2-1-11-28-19)23-13-16-5-9-18(10-6-16)25(26)27;/h3-10,19H,1-2,11-14H2,(H2,22,23,24);1H. The number of benzene rings is 2. The third-order valence-electron chi connectivity index (χ3n) is 4.46. The van der Waals surface area contributed by atoms with Crippen LogP contribution in [-0.2, 0) is 17.8 Å². The number of nitro groups is 1. The van der Waals surface area contributed by atoms with E-state index in [0.717, 1.165) is 30.6 Å². The minimum absolute atomic E-state index is 0. The first-order valence-electron chi connectivity index (χ1n) is 9.22. The van der Waals surface area contributed by atoms with Gasteiger partial charge in [-0.05, 0) is 36.1 Å². The predicted octanol–water partition coefficient (Wildman–Crippen LogP) is 4.28. The molecule has 156 valence electrons. The number of guanidine groups is 1. The summed E-state index contributed by atoms with van der Waals surface area (Å²) in [5, 5.41) is 18.1. The molecule has 1 heterocycles. The van der Waals surface area contributed by atoms with E-state index in [4.69, 9.17) is 16.3 Å². The van der Waals surface area contributed by atoms with E-state index in [-0.39, 0.29) is 35.8 Å². The lowest BCUT2D eigenvalue weighted by atomic mass is 10.2. The maximum Gasteiger partial charge on any atom is 0.269 e. The number of aliphatic imine (C=N–C) groups is 1. The maximum absolute atomic E-state index is 10.8. The number of ether oxygens (including phenoxy) is 1. The van der Waals surface area contributed by atoms with E-state index in [1.54, 1.807) is 12.1 Å². The molecule has 2 aromatic carbocycles. The van der Waals surface area contributed by atoms with Gasteiger partial charge in [-0.3, -0.25) is 10.1 Å². The van der Waals surface area contributed by atoms with Crippen molar-refractivity contribution in [1.82, 2.24) is 10.6 Å². The van der Waals surface area contributed by atoms with E-state index >= 15 is 0 Å². The lowest BCUT2D eigenvalue weighted by Crippen LogP contribution is -2.40. The molecule has 0 saturated carbocycles. The van der Waals surface area contributed by atoms with E-state index < -0.39 is 4.92 Å². The molecule has 2 aromatic rings. The van der Waals surface area contributed by atoms with Crippen LogP contribution in [0.5, 0.6) is 0 Å². The number of hydrogen-bond donors (Lipinski definition) is 2. The van der Waals surface area contributed by atoms with Crippen molar-refractivity contribution in [2.24, 2.45) is 4.99 Å². The quantitative estimate of drug-likeness (QED) is 0.183. The molecular weight excluding hydrogens is 507 g/mol. The summed E-state index contributed by atoms with van der Waals surface area (Å²) in [6, 6.07) is 14.1. The molecule has 0 bridgehead atoms. The van der Waals surface area contributed by atoms with Gasteiger partial charge in [0.25, 0.3) is 5.69 Å².